The molecule has 1 aliphatic rings. The summed E-state index contributed by atoms with van der Waals surface area (Å²) in [5, 5.41) is 3.60. The van der Waals surface area contributed by atoms with Gasteiger partial charge < -0.3 is 10.1 Å². The van der Waals surface area contributed by atoms with Gasteiger partial charge in [0.15, 0.2) is 0 Å². The second-order valence-electron chi connectivity index (χ2n) is 6.27. The van der Waals surface area contributed by atoms with Crippen LogP contribution < -0.4 is 10.1 Å². The van der Waals surface area contributed by atoms with E-state index in [1.54, 1.807) is 6.20 Å². The summed E-state index contributed by atoms with van der Waals surface area (Å²) in [6.45, 7) is 0.728. The zero-order valence-corrected chi connectivity index (χ0v) is 14.1. The van der Waals surface area contributed by atoms with Crippen molar-refractivity contribution in [2.24, 2.45) is 0 Å². The van der Waals surface area contributed by atoms with Crippen molar-refractivity contribution in [2.45, 2.75) is 31.8 Å². The zero-order chi connectivity index (χ0) is 16.9. The Morgan fingerprint density at radius 1 is 0.960 bits per heavy atom. The summed E-state index contributed by atoms with van der Waals surface area (Å²) in [6.07, 6.45) is 7.11. The second-order valence-corrected chi connectivity index (χ2v) is 6.27. The molecule has 2 heterocycles. The number of nitrogens with zero attached hydrogens (tertiary/aromatic N) is 2. The van der Waals surface area contributed by atoms with E-state index < -0.39 is 0 Å². The summed E-state index contributed by atoms with van der Waals surface area (Å²) < 4.78 is 5.78. The number of aryl methyl sites for hydroxylation is 1. The number of aromatic nitrogens is 2. The normalized spacial score (nSPS) is 16.2. The van der Waals surface area contributed by atoms with Crippen molar-refractivity contribution < 1.29 is 4.74 Å². The van der Waals surface area contributed by atoms with E-state index in [0.717, 1.165) is 36.6 Å². The number of hydrogen-bond donors (Lipinski definition) is 1. The largest absolute Gasteiger partial charge is 0.456 e. The van der Waals surface area contributed by atoms with Gasteiger partial charge in [-0.15, -0.1) is 0 Å². The fourth-order valence-electron chi connectivity index (χ4n) is 3.24. The molecule has 0 amide bonds. The van der Waals surface area contributed by atoms with Crippen LogP contribution in [0.3, 0.4) is 0 Å². The molecule has 126 valence electrons. The maximum Gasteiger partial charge on any atom is 0.145 e. The van der Waals surface area contributed by atoms with Crippen LogP contribution in [0.2, 0.25) is 0 Å². The van der Waals surface area contributed by atoms with Gasteiger partial charge in [-0.3, -0.25) is 9.97 Å². The van der Waals surface area contributed by atoms with Crippen LogP contribution in [0, 0.1) is 0 Å². The first-order valence-corrected chi connectivity index (χ1v) is 8.73. The first-order chi connectivity index (χ1) is 12.4. The van der Waals surface area contributed by atoms with Gasteiger partial charge in [-0.1, -0.05) is 24.3 Å². The molecule has 0 fully saturated rings. The van der Waals surface area contributed by atoms with E-state index in [0.29, 0.717) is 6.04 Å². The van der Waals surface area contributed by atoms with E-state index in [-0.39, 0.29) is 0 Å². The summed E-state index contributed by atoms with van der Waals surface area (Å²) in [6, 6.07) is 18.2. The standard InChI is InChI=1S/C21H21N3O/c1-2-8-18(9-3-1)25-19-12-11-17(23-15-19)14-24-20-10-4-6-16-7-5-13-22-21(16)20/h1-3,5,7-9,11-13,15,20,24H,4,6,10,14H2. The third kappa shape index (κ3) is 3.86. The topological polar surface area (TPSA) is 47.0 Å². The number of rotatable bonds is 5. The lowest BCUT2D eigenvalue weighted by molar-refractivity contribution is 0.444. The van der Waals surface area contributed by atoms with Gasteiger partial charge in [0.25, 0.3) is 0 Å². The van der Waals surface area contributed by atoms with E-state index in [9.17, 15) is 0 Å². The smallest absolute Gasteiger partial charge is 0.145 e. The Bertz CT molecular complexity index is 818. The van der Waals surface area contributed by atoms with Crippen molar-refractivity contribution >= 4 is 0 Å². The first-order valence-electron chi connectivity index (χ1n) is 8.73. The Morgan fingerprint density at radius 3 is 2.72 bits per heavy atom. The number of ether oxygens (including phenoxy) is 1. The molecule has 4 nitrogen and oxygen atoms in total. The average Bonchev–Trinajstić information content (AvgIpc) is 2.68. The molecule has 0 radical (unpaired) electrons. The van der Waals surface area contributed by atoms with Gasteiger partial charge >= 0.3 is 0 Å². The van der Waals surface area contributed by atoms with Crippen LogP contribution >= 0.6 is 0 Å². The molecular formula is C21H21N3O. The highest BCUT2D eigenvalue weighted by Gasteiger charge is 2.20. The lowest BCUT2D eigenvalue weighted by Gasteiger charge is -2.25. The molecule has 1 unspecified atom stereocenters. The van der Waals surface area contributed by atoms with E-state index in [2.05, 4.69) is 21.4 Å². The van der Waals surface area contributed by atoms with Crippen LogP contribution in [0.25, 0.3) is 0 Å². The van der Waals surface area contributed by atoms with Gasteiger partial charge in [-0.25, -0.2) is 0 Å². The van der Waals surface area contributed by atoms with Crippen molar-refractivity contribution in [1.82, 2.24) is 15.3 Å². The Kier molecular flexibility index (Phi) is 4.70. The van der Waals surface area contributed by atoms with Crippen molar-refractivity contribution in [1.29, 1.82) is 0 Å². The Balaban J connectivity index is 1.38. The van der Waals surface area contributed by atoms with Crippen LogP contribution in [-0.2, 0) is 13.0 Å². The maximum atomic E-state index is 5.78. The highest BCUT2D eigenvalue weighted by molar-refractivity contribution is 5.30. The predicted molar refractivity (Wildman–Crippen MR) is 97.5 cm³/mol. The number of fused-ring (bicyclic) bond motifs is 1. The van der Waals surface area contributed by atoms with Crippen molar-refractivity contribution in [3.8, 4) is 11.5 Å². The van der Waals surface area contributed by atoms with E-state index in [1.807, 2.05) is 54.7 Å². The molecule has 1 atom stereocenters. The molecule has 3 aromatic rings. The number of nitrogens with one attached hydrogen (secondary N) is 1. The van der Waals surface area contributed by atoms with Gasteiger partial charge in [0, 0.05) is 12.7 Å². The SMILES string of the molecule is c1ccc(Oc2ccc(CNC3CCCc4cccnc43)nc2)cc1. The minimum Gasteiger partial charge on any atom is -0.456 e. The van der Waals surface area contributed by atoms with Crippen LogP contribution in [0.4, 0.5) is 0 Å². The molecule has 1 aliphatic carbocycles. The predicted octanol–water partition coefficient (Wildman–Crippen LogP) is 4.44. The number of benzene rings is 1. The molecule has 0 saturated carbocycles. The Morgan fingerprint density at radius 2 is 1.88 bits per heavy atom. The fraction of sp³-hybridized carbons (Fsp3) is 0.238. The molecule has 0 bridgehead atoms. The zero-order valence-electron chi connectivity index (χ0n) is 14.1. The van der Waals surface area contributed by atoms with E-state index in [4.69, 9.17) is 4.74 Å². The van der Waals surface area contributed by atoms with Crippen molar-refractivity contribution in [3.05, 3.63) is 83.9 Å². The molecule has 4 heteroatoms. The minimum absolute atomic E-state index is 0.312. The lowest BCUT2D eigenvalue weighted by atomic mass is 9.92. The highest BCUT2D eigenvalue weighted by Crippen LogP contribution is 2.28. The highest BCUT2D eigenvalue weighted by atomic mass is 16.5. The summed E-state index contributed by atoms with van der Waals surface area (Å²) in [5.74, 6) is 1.57. The summed E-state index contributed by atoms with van der Waals surface area (Å²) in [4.78, 5) is 9.08. The minimum atomic E-state index is 0.312. The van der Waals surface area contributed by atoms with Crippen molar-refractivity contribution in [2.75, 3.05) is 0 Å². The van der Waals surface area contributed by atoms with Gasteiger partial charge in [-0.05, 0) is 55.2 Å². The van der Waals surface area contributed by atoms with Crippen LogP contribution in [0.1, 0.15) is 35.8 Å². The average molecular weight is 331 g/mol. The summed E-state index contributed by atoms with van der Waals surface area (Å²) >= 11 is 0. The molecule has 0 spiro atoms. The third-order valence-corrected chi connectivity index (χ3v) is 4.50. The molecule has 4 rings (SSSR count). The molecule has 1 aromatic carbocycles. The molecule has 25 heavy (non-hydrogen) atoms. The van der Waals surface area contributed by atoms with Crippen LogP contribution in [-0.4, -0.2) is 9.97 Å². The third-order valence-electron chi connectivity index (χ3n) is 4.50. The molecule has 1 N–H and O–H groups in total. The Labute approximate surface area is 147 Å². The lowest BCUT2D eigenvalue weighted by Crippen LogP contribution is -2.26. The van der Waals surface area contributed by atoms with Gasteiger partial charge in [0.2, 0.25) is 0 Å². The second kappa shape index (κ2) is 7.45. The molecule has 2 aromatic heterocycles. The molecule has 0 saturated heterocycles. The van der Waals surface area contributed by atoms with E-state index >= 15 is 0 Å². The van der Waals surface area contributed by atoms with Gasteiger partial charge in [-0.2, -0.15) is 0 Å². The number of para-hydroxylation sites is 1. The fourth-order valence-corrected chi connectivity index (χ4v) is 3.24. The van der Waals surface area contributed by atoms with Gasteiger partial charge in [0.1, 0.15) is 11.5 Å². The van der Waals surface area contributed by atoms with Crippen LogP contribution in [0.5, 0.6) is 11.5 Å². The maximum absolute atomic E-state index is 5.78. The van der Waals surface area contributed by atoms with Crippen molar-refractivity contribution in [3.63, 3.8) is 0 Å². The summed E-state index contributed by atoms with van der Waals surface area (Å²) in [7, 11) is 0. The monoisotopic (exact) mass is 331 g/mol. The van der Waals surface area contributed by atoms with Crippen LogP contribution in [0.15, 0.2) is 67.0 Å². The molecular weight excluding hydrogens is 310 g/mol. The number of pyridine rings is 2. The molecule has 0 aliphatic heterocycles. The number of hydrogen-bond acceptors (Lipinski definition) is 4. The van der Waals surface area contributed by atoms with E-state index in [1.165, 1.54) is 17.7 Å². The van der Waals surface area contributed by atoms with Gasteiger partial charge in [0.05, 0.1) is 23.6 Å². The quantitative estimate of drug-likeness (QED) is 0.751. The summed E-state index contributed by atoms with van der Waals surface area (Å²) in [5.41, 5.74) is 3.56. The Hall–Kier alpha value is -2.72. The first kappa shape index (κ1) is 15.8.